The molecule has 0 aromatic carbocycles. The summed E-state index contributed by atoms with van der Waals surface area (Å²) in [6, 6.07) is 0. The molecule has 0 aliphatic heterocycles. The van der Waals surface area contributed by atoms with Crippen LogP contribution in [0.4, 0.5) is 0 Å². The maximum absolute atomic E-state index is 11.7. The Labute approximate surface area is 107 Å². The molecule has 0 spiro atoms. The van der Waals surface area contributed by atoms with E-state index in [0.717, 1.165) is 0 Å². The van der Waals surface area contributed by atoms with Crippen molar-refractivity contribution >= 4 is 17.8 Å². The zero-order valence-corrected chi connectivity index (χ0v) is 11.5. The highest BCUT2D eigenvalue weighted by Crippen LogP contribution is 2.13. The summed E-state index contributed by atoms with van der Waals surface area (Å²) >= 11 is 0. The van der Waals surface area contributed by atoms with Crippen LogP contribution in [0.2, 0.25) is 0 Å². The van der Waals surface area contributed by atoms with Crippen molar-refractivity contribution in [3.63, 3.8) is 0 Å². The van der Waals surface area contributed by atoms with Crippen LogP contribution in [0.5, 0.6) is 0 Å². The fourth-order valence-electron chi connectivity index (χ4n) is 1.43. The molecule has 18 heavy (non-hydrogen) atoms. The van der Waals surface area contributed by atoms with E-state index in [2.05, 4.69) is 14.8 Å². The molecular weight excluding hydrogens is 238 g/mol. The normalized spacial score (nSPS) is 15.2. The number of esters is 2. The molecule has 0 rings (SSSR count). The monoisotopic (exact) mass is 259 g/mol. The maximum atomic E-state index is 11.7. The van der Waals surface area contributed by atoms with Gasteiger partial charge in [0.05, 0.1) is 20.1 Å². The zero-order chi connectivity index (χ0) is 14.3. The Morgan fingerprint density at radius 3 is 2.17 bits per heavy atom. The first-order valence-electron chi connectivity index (χ1n) is 5.78. The van der Waals surface area contributed by atoms with Crippen LogP contribution in [0.3, 0.4) is 0 Å². The van der Waals surface area contributed by atoms with Crippen LogP contribution in [0, 0.1) is 5.92 Å². The maximum Gasteiger partial charge on any atom is 0.331 e. The molecule has 0 heterocycles. The van der Waals surface area contributed by atoms with Gasteiger partial charge in [-0.2, -0.15) is 0 Å². The smallest absolute Gasteiger partial charge is 0.331 e. The van der Waals surface area contributed by atoms with E-state index in [1.807, 2.05) is 0 Å². The number of hydrogen-bond donors (Lipinski definition) is 1. The van der Waals surface area contributed by atoms with Gasteiger partial charge in [0.15, 0.2) is 0 Å². The van der Waals surface area contributed by atoms with Crippen LogP contribution in [0.1, 0.15) is 33.6 Å². The molecule has 0 fully saturated rings. The quantitative estimate of drug-likeness (QED) is 0.708. The standard InChI is InChI=1S/C12H21NO5/c1-6-12(3,11(16)18-5)13-9(14)7-8(2)10(15)17-4/h8H,6-7H2,1-5H3,(H,13,14). The fraction of sp³-hybridized carbons (Fsp3) is 0.750. The molecule has 2 atom stereocenters. The number of amides is 1. The second-order valence-electron chi connectivity index (χ2n) is 4.35. The Kier molecular flexibility index (Phi) is 6.36. The van der Waals surface area contributed by atoms with Gasteiger partial charge in [0, 0.05) is 6.42 Å². The Bertz CT molecular complexity index is 328. The Hall–Kier alpha value is -1.59. The predicted molar refractivity (Wildman–Crippen MR) is 64.7 cm³/mol. The first-order chi connectivity index (χ1) is 8.30. The average Bonchev–Trinajstić information content (AvgIpc) is 2.35. The van der Waals surface area contributed by atoms with E-state index in [1.54, 1.807) is 20.8 Å². The van der Waals surface area contributed by atoms with Crippen LogP contribution in [-0.2, 0) is 23.9 Å². The number of ether oxygens (including phenoxy) is 2. The summed E-state index contributed by atoms with van der Waals surface area (Å²) in [5.41, 5.74) is -1.07. The lowest BCUT2D eigenvalue weighted by Gasteiger charge is -2.26. The van der Waals surface area contributed by atoms with Gasteiger partial charge in [-0.05, 0) is 13.3 Å². The van der Waals surface area contributed by atoms with E-state index in [0.29, 0.717) is 6.42 Å². The molecule has 0 saturated carbocycles. The number of hydrogen-bond acceptors (Lipinski definition) is 5. The molecule has 2 unspecified atom stereocenters. The molecule has 0 saturated heterocycles. The Balaban J connectivity index is 4.54. The van der Waals surface area contributed by atoms with Crippen molar-refractivity contribution in [2.75, 3.05) is 14.2 Å². The summed E-state index contributed by atoms with van der Waals surface area (Å²) in [6.07, 6.45) is 0.372. The predicted octanol–water partition coefficient (Wildman–Crippen LogP) is 0.643. The highest BCUT2D eigenvalue weighted by Gasteiger charge is 2.34. The van der Waals surface area contributed by atoms with Gasteiger partial charge in [-0.15, -0.1) is 0 Å². The van der Waals surface area contributed by atoms with Gasteiger partial charge in [0.2, 0.25) is 5.91 Å². The van der Waals surface area contributed by atoms with Crippen LogP contribution in [0.15, 0.2) is 0 Å². The van der Waals surface area contributed by atoms with Crippen LogP contribution in [-0.4, -0.2) is 37.6 Å². The molecule has 6 heteroatoms. The Morgan fingerprint density at radius 2 is 1.78 bits per heavy atom. The first-order valence-corrected chi connectivity index (χ1v) is 5.78. The van der Waals surface area contributed by atoms with Gasteiger partial charge in [-0.25, -0.2) is 4.79 Å². The van der Waals surface area contributed by atoms with Crippen molar-refractivity contribution in [1.29, 1.82) is 0 Å². The lowest BCUT2D eigenvalue weighted by Crippen LogP contribution is -2.52. The van der Waals surface area contributed by atoms with Crippen molar-refractivity contribution in [1.82, 2.24) is 5.32 Å². The van der Waals surface area contributed by atoms with E-state index in [1.165, 1.54) is 14.2 Å². The molecule has 0 aliphatic rings. The SMILES string of the molecule is CCC(C)(NC(=O)CC(C)C(=O)OC)C(=O)OC. The molecule has 0 aromatic heterocycles. The molecule has 1 N–H and O–H groups in total. The molecule has 0 aliphatic carbocycles. The van der Waals surface area contributed by atoms with Gasteiger partial charge in [-0.3, -0.25) is 9.59 Å². The van der Waals surface area contributed by atoms with E-state index < -0.39 is 23.4 Å². The number of carbonyl (C=O) groups excluding carboxylic acids is 3. The van der Waals surface area contributed by atoms with Crippen molar-refractivity contribution in [2.24, 2.45) is 5.92 Å². The van der Waals surface area contributed by atoms with E-state index in [4.69, 9.17) is 0 Å². The minimum absolute atomic E-state index is 0.0285. The molecule has 6 nitrogen and oxygen atoms in total. The van der Waals surface area contributed by atoms with Crippen LogP contribution in [0.25, 0.3) is 0 Å². The second kappa shape index (κ2) is 6.98. The minimum atomic E-state index is -1.07. The number of carbonyl (C=O) groups is 3. The van der Waals surface area contributed by atoms with Gasteiger partial charge < -0.3 is 14.8 Å². The van der Waals surface area contributed by atoms with Crippen molar-refractivity contribution < 1.29 is 23.9 Å². The zero-order valence-electron chi connectivity index (χ0n) is 11.5. The third-order valence-corrected chi connectivity index (χ3v) is 2.85. The average molecular weight is 259 g/mol. The largest absolute Gasteiger partial charge is 0.469 e. The van der Waals surface area contributed by atoms with Crippen molar-refractivity contribution in [3.8, 4) is 0 Å². The third-order valence-electron chi connectivity index (χ3n) is 2.85. The third kappa shape index (κ3) is 4.35. The highest BCUT2D eigenvalue weighted by molar-refractivity contribution is 5.89. The molecule has 1 amide bonds. The molecule has 0 radical (unpaired) electrons. The van der Waals surface area contributed by atoms with Gasteiger partial charge >= 0.3 is 11.9 Å². The van der Waals surface area contributed by atoms with E-state index in [-0.39, 0.29) is 12.3 Å². The van der Waals surface area contributed by atoms with Crippen molar-refractivity contribution in [3.05, 3.63) is 0 Å². The summed E-state index contributed by atoms with van der Waals surface area (Å²) in [6.45, 7) is 4.94. The van der Waals surface area contributed by atoms with Gasteiger partial charge in [-0.1, -0.05) is 13.8 Å². The van der Waals surface area contributed by atoms with Crippen LogP contribution >= 0.6 is 0 Å². The molecule has 0 bridgehead atoms. The lowest BCUT2D eigenvalue weighted by molar-refractivity contribution is -0.151. The Morgan fingerprint density at radius 1 is 1.22 bits per heavy atom. The number of nitrogens with one attached hydrogen (secondary N) is 1. The molecule has 0 aromatic rings. The summed E-state index contributed by atoms with van der Waals surface area (Å²) in [4.78, 5) is 34.5. The summed E-state index contributed by atoms with van der Waals surface area (Å²) < 4.78 is 9.16. The highest BCUT2D eigenvalue weighted by atomic mass is 16.5. The summed E-state index contributed by atoms with van der Waals surface area (Å²) in [5.74, 6) is -1.90. The lowest BCUT2D eigenvalue weighted by atomic mass is 9.98. The van der Waals surface area contributed by atoms with Crippen molar-refractivity contribution in [2.45, 2.75) is 39.2 Å². The van der Waals surface area contributed by atoms with Gasteiger partial charge in [0.25, 0.3) is 0 Å². The van der Waals surface area contributed by atoms with E-state index >= 15 is 0 Å². The fourth-order valence-corrected chi connectivity index (χ4v) is 1.43. The second-order valence-corrected chi connectivity index (χ2v) is 4.35. The van der Waals surface area contributed by atoms with Crippen LogP contribution < -0.4 is 5.32 Å². The molecular formula is C12H21NO5. The topological polar surface area (TPSA) is 81.7 Å². The number of rotatable bonds is 6. The van der Waals surface area contributed by atoms with Gasteiger partial charge in [0.1, 0.15) is 5.54 Å². The minimum Gasteiger partial charge on any atom is -0.469 e. The first kappa shape index (κ1) is 16.4. The van der Waals surface area contributed by atoms with E-state index in [9.17, 15) is 14.4 Å². The number of methoxy groups -OCH3 is 2. The molecule has 104 valence electrons. The summed E-state index contributed by atoms with van der Waals surface area (Å²) in [5, 5.41) is 2.58. The summed E-state index contributed by atoms with van der Waals surface area (Å²) in [7, 11) is 2.53.